The van der Waals surface area contributed by atoms with Crippen LogP contribution in [0.2, 0.25) is 0 Å². The summed E-state index contributed by atoms with van der Waals surface area (Å²) in [5.41, 5.74) is 4.14. The molecule has 112 valence electrons. The Morgan fingerprint density at radius 3 is 2.76 bits per heavy atom. The predicted molar refractivity (Wildman–Crippen MR) is 78.2 cm³/mol. The Hall–Kier alpha value is -1.85. The van der Waals surface area contributed by atoms with E-state index < -0.39 is 24.6 Å². The third-order valence-electron chi connectivity index (χ3n) is 4.21. The van der Waals surface area contributed by atoms with Crippen molar-refractivity contribution in [2.24, 2.45) is 0 Å². The zero-order chi connectivity index (χ0) is 15.0. The lowest BCUT2D eigenvalue weighted by molar-refractivity contribution is -0.141. The smallest absolute Gasteiger partial charge is 0.306 e. The molecule has 3 rings (SSSR count). The summed E-state index contributed by atoms with van der Waals surface area (Å²) < 4.78 is 0. The second kappa shape index (κ2) is 5.50. The Morgan fingerprint density at radius 1 is 1.24 bits per heavy atom. The minimum absolute atomic E-state index is 0.468. The number of aliphatic carboxylic acids is 1. The molecule has 0 amide bonds. The molecule has 1 aliphatic carbocycles. The van der Waals surface area contributed by atoms with E-state index in [0.717, 1.165) is 30.2 Å². The topological polar surface area (TPSA) is 93.6 Å². The molecule has 21 heavy (non-hydrogen) atoms. The van der Waals surface area contributed by atoms with Crippen molar-refractivity contribution in [1.82, 2.24) is 4.98 Å². The zero-order valence-electron chi connectivity index (χ0n) is 11.7. The van der Waals surface area contributed by atoms with Crippen LogP contribution in [0.25, 0.3) is 10.9 Å². The van der Waals surface area contributed by atoms with E-state index >= 15 is 0 Å². The molecule has 0 saturated heterocycles. The second-order valence-corrected chi connectivity index (χ2v) is 5.70. The molecular weight excluding hydrogens is 270 g/mol. The Morgan fingerprint density at radius 2 is 2.00 bits per heavy atom. The number of carbonyl (C=O) groups is 1. The molecule has 0 bridgehead atoms. The van der Waals surface area contributed by atoms with Gasteiger partial charge in [0.05, 0.1) is 12.5 Å². The van der Waals surface area contributed by atoms with Crippen LogP contribution in [-0.4, -0.2) is 32.4 Å². The average Bonchev–Trinajstić information content (AvgIpc) is 2.83. The van der Waals surface area contributed by atoms with Gasteiger partial charge >= 0.3 is 5.97 Å². The Labute approximate surface area is 122 Å². The Kier molecular flexibility index (Phi) is 3.69. The van der Waals surface area contributed by atoms with Crippen molar-refractivity contribution in [2.45, 2.75) is 44.3 Å². The first-order valence-corrected chi connectivity index (χ1v) is 7.27. The maximum absolute atomic E-state index is 10.6. The quantitative estimate of drug-likeness (QED) is 0.691. The van der Waals surface area contributed by atoms with Crippen molar-refractivity contribution < 1.29 is 20.1 Å². The van der Waals surface area contributed by atoms with Gasteiger partial charge in [0.25, 0.3) is 0 Å². The summed E-state index contributed by atoms with van der Waals surface area (Å²) in [7, 11) is 0. The number of aliphatic hydroxyl groups is 2. The van der Waals surface area contributed by atoms with E-state index in [1.54, 1.807) is 6.07 Å². The van der Waals surface area contributed by atoms with Gasteiger partial charge in [-0.25, -0.2) is 0 Å². The molecule has 0 aliphatic heterocycles. The molecule has 2 aromatic rings. The van der Waals surface area contributed by atoms with E-state index in [4.69, 9.17) is 5.11 Å². The molecule has 0 fully saturated rings. The van der Waals surface area contributed by atoms with Crippen LogP contribution in [0.5, 0.6) is 0 Å². The Balaban J connectivity index is 1.94. The van der Waals surface area contributed by atoms with Crippen LogP contribution in [0.15, 0.2) is 18.2 Å². The lowest BCUT2D eigenvalue weighted by Crippen LogP contribution is -2.21. The van der Waals surface area contributed by atoms with Gasteiger partial charge in [0.1, 0.15) is 6.10 Å². The highest BCUT2D eigenvalue weighted by Gasteiger charge is 2.23. The predicted octanol–water partition coefficient (Wildman–Crippen LogP) is 1.92. The monoisotopic (exact) mass is 289 g/mol. The molecule has 2 unspecified atom stereocenters. The minimum Gasteiger partial charge on any atom is -0.481 e. The number of benzene rings is 1. The fourth-order valence-electron chi connectivity index (χ4n) is 3.12. The van der Waals surface area contributed by atoms with Gasteiger partial charge in [-0.15, -0.1) is 0 Å². The van der Waals surface area contributed by atoms with E-state index in [9.17, 15) is 15.0 Å². The van der Waals surface area contributed by atoms with Crippen LogP contribution < -0.4 is 0 Å². The molecule has 1 heterocycles. The number of aryl methyl sites for hydroxylation is 2. The van der Waals surface area contributed by atoms with E-state index in [1.807, 2.05) is 12.1 Å². The summed E-state index contributed by atoms with van der Waals surface area (Å²) in [6, 6.07) is 5.49. The summed E-state index contributed by atoms with van der Waals surface area (Å²) in [4.78, 5) is 14.0. The SMILES string of the molecule is O=C(O)CC(O)C(O)c1ccc2[nH]c3c(c2c1)CCCC3. The largest absolute Gasteiger partial charge is 0.481 e. The fraction of sp³-hybridized carbons (Fsp3) is 0.438. The van der Waals surface area contributed by atoms with Crippen molar-refractivity contribution in [3.05, 3.63) is 35.0 Å². The minimum atomic E-state index is -1.30. The lowest BCUT2D eigenvalue weighted by Gasteiger charge is -2.17. The van der Waals surface area contributed by atoms with Crippen LogP contribution in [-0.2, 0) is 17.6 Å². The standard InChI is InChI=1S/C16H19NO4/c18-14(8-15(19)20)16(21)9-5-6-13-11(7-9)10-3-1-2-4-12(10)17-13/h5-7,14,16-18,21H,1-4,8H2,(H,19,20). The van der Waals surface area contributed by atoms with Crippen molar-refractivity contribution in [3.63, 3.8) is 0 Å². The van der Waals surface area contributed by atoms with Crippen LogP contribution in [0, 0.1) is 0 Å². The molecule has 4 N–H and O–H groups in total. The van der Waals surface area contributed by atoms with Crippen molar-refractivity contribution >= 4 is 16.9 Å². The molecule has 2 atom stereocenters. The number of hydrogen-bond donors (Lipinski definition) is 4. The van der Waals surface area contributed by atoms with Gasteiger partial charge in [-0.1, -0.05) is 6.07 Å². The van der Waals surface area contributed by atoms with Crippen LogP contribution in [0.4, 0.5) is 0 Å². The molecule has 1 aromatic heterocycles. The van der Waals surface area contributed by atoms with E-state index in [0.29, 0.717) is 5.56 Å². The summed E-state index contributed by atoms with van der Waals surface area (Å²) >= 11 is 0. The number of aromatic amines is 1. The highest BCUT2D eigenvalue weighted by atomic mass is 16.4. The van der Waals surface area contributed by atoms with Crippen molar-refractivity contribution in [3.8, 4) is 0 Å². The van der Waals surface area contributed by atoms with E-state index in [2.05, 4.69) is 4.98 Å². The number of hydrogen-bond acceptors (Lipinski definition) is 3. The fourth-order valence-corrected chi connectivity index (χ4v) is 3.12. The van der Waals surface area contributed by atoms with Gasteiger partial charge in [-0.2, -0.15) is 0 Å². The second-order valence-electron chi connectivity index (χ2n) is 5.70. The first-order valence-electron chi connectivity index (χ1n) is 7.27. The summed E-state index contributed by atoms with van der Waals surface area (Å²) in [6.07, 6.45) is 1.47. The maximum atomic E-state index is 10.6. The first kappa shape index (κ1) is 14.1. The molecule has 5 nitrogen and oxygen atoms in total. The lowest BCUT2D eigenvalue weighted by atomic mass is 9.94. The number of carboxylic acids is 1. The number of carboxylic acid groups (broad SMARTS) is 1. The van der Waals surface area contributed by atoms with E-state index in [1.165, 1.54) is 17.7 Å². The normalized spacial score (nSPS) is 17.4. The highest BCUT2D eigenvalue weighted by Crippen LogP contribution is 2.31. The van der Waals surface area contributed by atoms with Crippen LogP contribution in [0.3, 0.4) is 0 Å². The maximum Gasteiger partial charge on any atom is 0.306 e. The third-order valence-corrected chi connectivity index (χ3v) is 4.21. The van der Waals surface area contributed by atoms with Gasteiger partial charge < -0.3 is 20.3 Å². The van der Waals surface area contributed by atoms with Crippen molar-refractivity contribution in [2.75, 3.05) is 0 Å². The number of nitrogens with one attached hydrogen (secondary N) is 1. The van der Waals surface area contributed by atoms with Gasteiger partial charge in [-0.3, -0.25) is 4.79 Å². The van der Waals surface area contributed by atoms with Gasteiger partial charge in [-0.05, 0) is 48.9 Å². The Bertz CT molecular complexity index is 676. The number of fused-ring (bicyclic) bond motifs is 3. The number of H-pyrrole nitrogens is 1. The number of aromatic nitrogens is 1. The van der Waals surface area contributed by atoms with Gasteiger partial charge in [0.15, 0.2) is 0 Å². The highest BCUT2D eigenvalue weighted by molar-refractivity contribution is 5.85. The molecule has 0 saturated carbocycles. The molecule has 1 aromatic carbocycles. The average molecular weight is 289 g/mol. The third kappa shape index (κ3) is 2.66. The van der Waals surface area contributed by atoms with Crippen LogP contribution >= 0.6 is 0 Å². The summed E-state index contributed by atoms with van der Waals surface area (Å²) in [6.45, 7) is 0. The molecule has 5 heteroatoms. The molecular formula is C16H19NO4. The summed E-state index contributed by atoms with van der Waals surface area (Å²) in [5.74, 6) is -1.12. The van der Waals surface area contributed by atoms with Crippen LogP contribution in [0.1, 0.15) is 42.2 Å². The molecule has 0 radical (unpaired) electrons. The zero-order valence-corrected chi connectivity index (χ0v) is 11.7. The van der Waals surface area contributed by atoms with Crippen molar-refractivity contribution in [1.29, 1.82) is 0 Å². The summed E-state index contributed by atoms with van der Waals surface area (Å²) in [5, 5.41) is 29.7. The van der Waals surface area contributed by atoms with Gasteiger partial charge in [0.2, 0.25) is 0 Å². The first-order chi connectivity index (χ1) is 10.1. The molecule has 1 aliphatic rings. The number of aliphatic hydroxyl groups excluding tert-OH is 2. The van der Waals surface area contributed by atoms with Gasteiger partial charge in [0, 0.05) is 16.6 Å². The number of rotatable bonds is 4. The van der Waals surface area contributed by atoms with E-state index in [-0.39, 0.29) is 0 Å². The molecule has 0 spiro atoms.